The molecule has 0 amide bonds. The lowest BCUT2D eigenvalue weighted by Gasteiger charge is -2.16. The molecule has 9 heavy (non-hydrogen) atoms. The molecule has 0 aliphatic carbocycles. The van der Waals surface area contributed by atoms with Crippen molar-refractivity contribution in [1.82, 2.24) is 0 Å². The van der Waals surface area contributed by atoms with Crippen molar-refractivity contribution in [3.8, 4) is 0 Å². The van der Waals surface area contributed by atoms with Gasteiger partial charge in [0.05, 0.1) is 12.7 Å². The highest BCUT2D eigenvalue weighted by Crippen LogP contribution is 2.06. The van der Waals surface area contributed by atoms with Crippen LogP contribution in [0.3, 0.4) is 0 Å². The summed E-state index contributed by atoms with van der Waals surface area (Å²) in [6.45, 7) is 5.94. The first-order valence-corrected chi connectivity index (χ1v) is 2.92. The molecule has 2 heteroatoms. The van der Waals surface area contributed by atoms with Crippen molar-refractivity contribution < 1.29 is 9.47 Å². The van der Waals surface area contributed by atoms with Gasteiger partial charge in [0.25, 0.3) is 0 Å². The Labute approximate surface area is 56.5 Å². The summed E-state index contributed by atoms with van der Waals surface area (Å²) in [5.74, 6) is 0. The molecule has 0 aromatic heterocycles. The molecule has 0 aromatic carbocycles. The Balaban J connectivity index is 3.38. The SMILES string of the molecule is CO/C=C\OC(C)(C)C. The van der Waals surface area contributed by atoms with E-state index in [1.54, 1.807) is 13.4 Å². The van der Waals surface area contributed by atoms with Crippen LogP contribution in [-0.2, 0) is 9.47 Å². The maximum absolute atomic E-state index is 5.16. The Morgan fingerprint density at radius 2 is 1.67 bits per heavy atom. The lowest BCUT2D eigenvalue weighted by Crippen LogP contribution is -2.15. The molecule has 0 aliphatic rings. The van der Waals surface area contributed by atoms with Gasteiger partial charge in [-0.3, -0.25) is 0 Å². The largest absolute Gasteiger partial charge is 0.501 e. The Kier molecular flexibility index (Phi) is 3.13. The van der Waals surface area contributed by atoms with Gasteiger partial charge in [-0.1, -0.05) is 0 Å². The number of rotatable bonds is 2. The predicted molar refractivity (Wildman–Crippen MR) is 37.0 cm³/mol. The summed E-state index contributed by atoms with van der Waals surface area (Å²) in [7, 11) is 1.59. The van der Waals surface area contributed by atoms with Gasteiger partial charge < -0.3 is 9.47 Å². The summed E-state index contributed by atoms with van der Waals surface area (Å²) in [5.41, 5.74) is -0.116. The van der Waals surface area contributed by atoms with Gasteiger partial charge >= 0.3 is 0 Å². The zero-order valence-electron chi connectivity index (χ0n) is 6.47. The summed E-state index contributed by atoms with van der Waals surface area (Å²) in [6.07, 6.45) is 3.05. The Morgan fingerprint density at radius 1 is 1.11 bits per heavy atom. The van der Waals surface area contributed by atoms with E-state index in [4.69, 9.17) is 4.74 Å². The van der Waals surface area contributed by atoms with Crippen molar-refractivity contribution in [2.45, 2.75) is 26.4 Å². The molecule has 54 valence electrons. The van der Waals surface area contributed by atoms with E-state index in [9.17, 15) is 0 Å². The first-order chi connectivity index (χ1) is 4.06. The number of methoxy groups -OCH3 is 1. The molecule has 0 atom stereocenters. The number of hydrogen-bond acceptors (Lipinski definition) is 2. The summed E-state index contributed by atoms with van der Waals surface area (Å²) >= 11 is 0. The molecule has 0 saturated carbocycles. The van der Waals surface area contributed by atoms with Gasteiger partial charge in [0.2, 0.25) is 0 Å². The molecular formula is C7H14O2. The van der Waals surface area contributed by atoms with Crippen LogP contribution in [0.4, 0.5) is 0 Å². The fourth-order valence-electron chi connectivity index (χ4n) is 0.287. The third kappa shape index (κ3) is 7.34. The average Bonchev–Trinajstić information content (AvgIpc) is 1.63. The number of ether oxygens (including phenoxy) is 2. The molecule has 0 fully saturated rings. The van der Waals surface area contributed by atoms with E-state index in [0.29, 0.717) is 0 Å². The van der Waals surface area contributed by atoms with E-state index in [2.05, 4.69) is 4.74 Å². The second kappa shape index (κ2) is 3.38. The topological polar surface area (TPSA) is 18.5 Å². The summed E-state index contributed by atoms with van der Waals surface area (Å²) in [5, 5.41) is 0. The maximum atomic E-state index is 5.16. The zero-order chi connectivity index (χ0) is 7.33. The zero-order valence-corrected chi connectivity index (χ0v) is 6.47. The highest BCUT2D eigenvalue weighted by atomic mass is 16.5. The van der Waals surface area contributed by atoms with Gasteiger partial charge in [0.15, 0.2) is 0 Å². The van der Waals surface area contributed by atoms with E-state index in [-0.39, 0.29) is 5.60 Å². The molecule has 0 N–H and O–H groups in total. The van der Waals surface area contributed by atoms with Gasteiger partial charge in [-0.15, -0.1) is 0 Å². The fraction of sp³-hybridized carbons (Fsp3) is 0.714. The summed E-state index contributed by atoms with van der Waals surface area (Å²) in [4.78, 5) is 0. The van der Waals surface area contributed by atoms with E-state index >= 15 is 0 Å². The molecule has 0 saturated heterocycles. The molecule has 0 rings (SSSR count). The quantitative estimate of drug-likeness (QED) is 0.532. The average molecular weight is 130 g/mol. The maximum Gasteiger partial charge on any atom is 0.118 e. The minimum Gasteiger partial charge on any atom is -0.501 e. The van der Waals surface area contributed by atoms with Crippen LogP contribution < -0.4 is 0 Å². The minimum atomic E-state index is -0.116. The molecule has 0 bridgehead atoms. The predicted octanol–water partition coefficient (Wildman–Crippen LogP) is 1.92. The first kappa shape index (κ1) is 8.34. The van der Waals surface area contributed by atoms with E-state index in [1.807, 2.05) is 20.8 Å². The van der Waals surface area contributed by atoms with Crippen molar-refractivity contribution >= 4 is 0 Å². The molecular weight excluding hydrogens is 116 g/mol. The molecule has 0 radical (unpaired) electrons. The fourth-order valence-corrected chi connectivity index (χ4v) is 0.287. The van der Waals surface area contributed by atoms with Crippen LogP contribution in [0.5, 0.6) is 0 Å². The van der Waals surface area contributed by atoms with Gasteiger partial charge in [-0.2, -0.15) is 0 Å². The summed E-state index contributed by atoms with van der Waals surface area (Å²) < 4.78 is 9.80. The van der Waals surface area contributed by atoms with Gasteiger partial charge in [-0.25, -0.2) is 0 Å². The van der Waals surface area contributed by atoms with Crippen LogP contribution in [0.15, 0.2) is 12.5 Å². The summed E-state index contributed by atoms with van der Waals surface area (Å²) in [6, 6.07) is 0. The monoisotopic (exact) mass is 130 g/mol. The lowest BCUT2D eigenvalue weighted by atomic mass is 10.2. The first-order valence-electron chi connectivity index (χ1n) is 2.92. The highest BCUT2D eigenvalue weighted by molar-refractivity contribution is 4.68. The Morgan fingerprint density at radius 3 is 2.00 bits per heavy atom. The smallest absolute Gasteiger partial charge is 0.118 e. The van der Waals surface area contributed by atoms with Crippen LogP contribution in [0.1, 0.15) is 20.8 Å². The van der Waals surface area contributed by atoms with Crippen LogP contribution in [0, 0.1) is 0 Å². The van der Waals surface area contributed by atoms with Gasteiger partial charge in [0, 0.05) is 0 Å². The molecule has 2 nitrogen and oxygen atoms in total. The van der Waals surface area contributed by atoms with E-state index in [1.165, 1.54) is 6.26 Å². The minimum absolute atomic E-state index is 0.116. The second-order valence-corrected chi connectivity index (χ2v) is 2.74. The molecule has 0 aromatic rings. The molecule has 0 aliphatic heterocycles. The van der Waals surface area contributed by atoms with Crippen molar-refractivity contribution in [3.05, 3.63) is 12.5 Å². The normalized spacial score (nSPS) is 12.0. The third-order valence-electron chi connectivity index (χ3n) is 0.613. The lowest BCUT2D eigenvalue weighted by molar-refractivity contribution is 0.0712. The van der Waals surface area contributed by atoms with E-state index in [0.717, 1.165) is 0 Å². The Hall–Kier alpha value is -0.660. The standard InChI is InChI=1S/C7H14O2/c1-7(2,3)9-6-5-8-4/h5-6H,1-4H3/b6-5-. The van der Waals surface area contributed by atoms with E-state index < -0.39 is 0 Å². The second-order valence-electron chi connectivity index (χ2n) is 2.74. The molecule has 0 heterocycles. The van der Waals surface area contributed by atoms with Gasteiger partial charge in [0.1, 0.15) is 12.5 Å². The van der Waals surface area contributed by atoms with Crippen molar-refractivity contribution in [2.75, 3.05) is 7.11 Å². The third-order valence-corrected chi connectivity index (χ3v) is 0.613. The highest BCUT2D eigenvalue weighted by Gasteiger charge is 2.06. The van der Waals surface area contributed by atoms with Crippen LogP contribution in [-0.4, -0.2) is 12.7 Å². The Bertz CT molecular complexity index is 89.6. The molecule has 0 spiro atoms. The van der Waals surface area contributed by atoms with Crippen LogP contribution in [0.25, 0.3) is 0 Å². The van der Waals surface area contributed by atoms with Crippen molar-refractivity contribution in [3.63, 3.8) is 0 Å². The van der Waals surface area contributed by atoms with Crippen LogP contribution in [0.2, 0.25) is 0 Å². The van der Waals surface area contributed by atoms with Crippen LogP contribution >= 0.6 is 0 Å². The van der Waals surface area contributed by atoms with Crippen molar-refractivity contribution in [1.29, 1.82) is 0 Å². The van der Waals surface area contributed by atoms with Crippen molar-refractivity contribution in [2.24, 2.45) is 0 Å². The number of hydrogen-bond donors (Lipinski definition) is 0. The van der Waals surface area contributed by atoms with Gasteiger partial charge in [-0.05, 0) is 20.8 Å². The molecule has 0 unspecified atom stereocenters.